The lowest BCUT2D eigenvalue weighted by Gasteiger charge is -2.23. The quantitative estimate of drug-likeness (QED) is 0.637. The Morgan fingerprint density at radius 1 is 1.39 bits per heavy atom. The summed E-state index contributed by atoms with van der Waals surface area (Å²) in [5, 5.41) is 3.67. The van der Waals surface area contributed by atoms with E-state index in [2.05, 4.69) is 69.0 Å². The molecule has 0 spiro atoms. The monoisotopic (exact) mass is 421 g/mol. The first-order valence-corrected chi connectivity index (χ1v) is 8.76. The molecule has 100 valence electrons. The van der Waals surface area contributed by atoms with Gasteiger partial charge in [-0.3, -0.25) is 0 Å². The average molecular weight is 422 g/mol. The van der Waals surface area contributed by atoms with Crippen LogP contribution in [-0.4, -0.2) is 6.54 Å². The maximum absolute atomic E-state index is 3.67. The first-order chi connectivity index (χ1) is 8.70. The van der Waals surface area contributed by atoms with Gasteiger partial charge in [-0.1, -0.05) is 48.5 Å². The zero-order chi connectivity index (χ0) is 13.0. The molecule has 0 aliphatic heterocycles. The van der Waals surface area contributed by atoms with Crippen molar-refractivity contribution < 1.29 is 0 Å². The second kappa shape index (κ2) is 7.25. The van der Waals surface area contributed by atoms with Gasteiger partial charge in [-0.05, 0) is 65.2 Å². The van der Waals surface area contributed by atoms with Crippen LogP contribution < -0.4 is 5.32 Å². The minimum absolute atomic E-state index is 0.516. The first kappa shape index (κ1) is 14.8. The topological polar surface area (TPSA) is 12.0 Å². The van der Waals surface area contributed by atoms with E-state index in [9.17, 15) is 0 Å². The van der Waals surface area contributed by atoms with Gasteiger partial charge in [-0.2, -0.15) is 0 Å². The highest BCUT2D eigenvalue weighted by Crippen LogP contribution is 2.35. The van der Waals surface area contributed by atoms with Gasteiger partial charge in [0.2, 0.25) is 0 Å². The zero-order valence-corrected chi connectivity index (χ0v) is 14.6. The molecule has 0 aromatic heterocycles. The van der Waals surface area contributed by atoms with Crippen LogP contribution in [0.25, 0.3) is 0 Å². The van der Waals surface area contributed by atoms with Crippen molar-refractivity contribution in [1.82, 2.24) is 5.32 Å². The molecule has 3 heteroatoms. The highest BCUT2D eigenvalue weighted by molar-refractivity contribution is 14.1. The normalized spacial score (nSPS) is 18.2. The van der Waals surface area contributed by atoms with Crippen molar-refractivity contribution in [2.75, 3.05) is 6.54 Å². The van der Waals surface area contributed by atoms with Gasteiger partial charge >= 0.3 is 0 Å². The molecule has 2 rings (SSSR count). The Morgan fingerprint density at radius 2 is 2.11 bits per heavy atom. The molecule has 1 aliphatic carbocycles. The van der Waals surface area contributed by atoms with Gasteiger partial charge in [0.05, 0.1) is 0 Å². The molecule has 1 aromatic carbocycles. The molecule has 0 saturated heterocycles. The fraction of sp³-hybridized carbons (Fsp3) is 0.600. The van der Waals surface area contributed by atoms with Crippen molar-refractivity contribution in [2.24, 2.45) is 5.92 Å². The molecule has 1 fully saturated rings. The van der Waals surface area contributed by atoms with E-state index in [0.717, 1.165) is 12.5 Å². The van der Waals surface area contributed by atoms with E-state index in [1.165, 1.54) is 45.7 Å². The lowest BCUT2D eigenvalue weighted by molar-refractivity contribution is 0.399. The third-order valence-electron chi connectivity index (χ3n) is 3.83. The molecule has 0 radical (unpaired) electrons. The molecular weight excluding hydrogens is 401 g/mol. The van der Waals surface area contributed by atoms with Crippen LogP contribution in [0.5, 0.6) is 0 Å². The van der Waals surface area contributed by atoms with E-state index in [1.54, 1.807) is 0 Å². The van der Waals surface area contributed by atoms with Crippen LogP contribution in [0.3, 0.4) is 0 Å². The highest BCUT2D eigenvalue weighted by Gasteiger charge is 2.22. The minimum Gasteiger partial charge on any atom is -0.310 e. The fourth-order valence-corrected chi connectivity index (χ4v) is 4.02. The van der Waals surface area contributed by atoms with Crippen molar-refractivity contribution in [3.05, 3.63) is 31.8 Å². The van der Waals surface area contributed by atoms with Crippen LogP contribution in [0, 0.1) is 9.49 Å². The molecule has 1 unspecified atom stereocenters. The maximum atomic E-state index is 3.67. The van der Waals surface area contributed by atoms with Crippen LogP contribution in [0.4, 0.5) is 0 Å². The molecular formula is C15H21BrIN. The van der Waals surface area contributed by atoms with E-state index in [-0.39, 0.29) is 0 Å². The summed E-state index contributed by atoms with van der Waals surface area (Å²) >= 11 is 6.05. The molecule has 1 aromatic rings. The Balaban J connectivity index is 2.14. The van der Waals surface area contributed by atoms with Gasteiger partial charge in [-0.15, -0.1) is 0 Å². The van der Waals surface area contributed by atoms with E-state index in [0.29, 0.717) is 6.04 Å². The van der Waals surface area contributed by atoms with Gasteiger partial charge in [0.25, 0.3) is 0 Å². The second-order valence-corrected chi connectivity index (χ2v) is 7.24. The Bertz CT molecular complexity index is 388. The smallest absolute Gasteiger partial charge is 0.0333 e. The molecule has 0 bridgehead atoms. The van der Waals surface area contributed by atoms with Crippen molar-refractivity contribution in [3.8, 4) is 0 Å². The first-order valence-electron chi connectivity index (χ1n) is 6.89. The van der Waals surface area contributed by atoms with Crippen LogP contribution >= 0.6 is 38.5 Å². The SMILES string of the molecule is CCNC(CC1CCCC1)c1cc(Br)ccc1I. The van der Waals surface area contributed by atoms with E-state index in [1.807, 2.05) is 0 Å². The molecule has 0 amide bonds. The molecule has 18 heavy (non-hydrogen) atoms. The third-order valence-corrected chi connectivity index (χ3v) is 5.30. The van der Waals surface area contributed by atoms with E-state index in [4.69, 9.17) is 0 Å². The summed E-state index contributed by atoms with van der Waals surface area (Å²) in [5.41, 5.74) is 1.46. The van der Waals surface area contributed by atoms with Gasteiger partial charge in [0.15, 0.2) is 0 Å². The summed E-state index contributed by atoms with van der Waals surface area (Å²) in [6, 6.07) is 7.13. The molecule has 1 saturated carbocycles. The van der Waals surface area contributed by atoms with Crippen LogP contribution in [-0.2, 0) is 0 Å². The summed E-state index contributed by atoms with van der Waals surface area (Å²) in [6.07, 6.45) is 7.00. The second-order valence-electron chi connectivity index (χ2n) is 5.16. The van der Waals surface area contributed by atoms with E-state index >= 15 is 0 Å². The van der Waals surface area contributed by atoms with Gasteiger partial charge in [0.1, 0.15) is 0 Å². The highest BCUT2D eigenvalue weighted by atomic mass is 127. The summed E-state index contributed by atoms with van der Waals surface area (Å²) in [6.45, 7) is 3.24. The Kier molecular flexibility index (Phi) is 5.96. The fourth-order valence-electron chi connectivity index (χ4n) is 2.93. The average Bonchev–Trinajstić information content (AvgIpc) is 2.85. The van der Waals surface area contributed by atoms with Gasteiger partial charge < -0.3 is 5.32 Å². The van der Waals surface area contributed by atoms with Crippen LogP contribution in [0.1, 0.15) is 50.6 Å². The lowest BCUT2D eigenvalue weighted by atomic mass is 9.93. The Labute approximate surface area is 132 Å². The Morgan fingerprint density at radius 3 is 2.78 bits per heavy atom. The summed E-state index contributed by atoms with van der Waals surface area (Å²) in [4.78, 5) is 0. The molecule has 1 N–H and O–H groups in total. The number of nitrogens with one attached hydrogen (secondary N) is 1. The van der Waals surface area contributed by atoms with Crippen LogP contribution in [0.2, 0.25) is 0 Å². The van der Waals surface area contributed by atoms with Crippen molar-refractivity contribution in [2.45, 2.75) is 45.1 Å². The molecule has 1 nitrogen and oxygen atoms in total. The molecule has 0 heterocycles. The summed E-state index contributed by atoms with van der Waals surface area (Å²) in [7, 11) is 0. The van der Waals surface area contributed by atoms with E-state index < -0.39 is 0 Å². The van der Waals surface area contributed by atoms with Crippen molar-refractivity contribution in [1.29, 1.82) is 0 Å². The largest absolute Gasteiger partial charge is 0.310 e. The minimum atomic E-state index is 0.516. The number of hydrogen-bond acceptors (Lipinski definition) is 1. The number of benzene rings is 1. The number of rotatable bonds is 5. The van der Waals surface area contributed by atoms with Crippen molar-refractivity contribution >= 4 is 38.5 Å². The predicted octanol–water partition coefficient (Wildman–Crippen LogP) is 5.28. The standard InChI is InChI=1S/C15H21BrIN/c1-2-18-15(9-11-5-3-4-6-11)13-10-12(16)7-8-14(13)17/h7-8,10-11,15,18H,2-6,9H2,1H3. The van der Waals surface area contributed by atoms with Crippen LogP contribution in [0.15, 0.2) is 22.7 Å². The number of halogens is 2. The summed E-state index contributed by atoms with van der Waals surface area (Å²) in [5.74, 6) is 0.920. The molecule has 1 aliphatic rings. The number of hydrogen-bond donors (Lipinski definition) is 1. The van der Waals surface area contributed by atoms with Crippen molar-refractivity contribution in [3.63, 3.8) is 0 Å². The lowest BCUT2D eigenvalue weighted by Crippen LogP contribution is -2.23. The maximum Gasteiger partial charge on any atom is 0.0333 e. The third kappa shape index (κ3) is 3.94. The Hall–Kier alpha value is 0.390. The summed E-state index contributed by atoms with van der Waals surface area (Å²) < 4.78 is 2.56. The predicted molar refractivity (Wildman–Crippen MR) is 89.9 cm³/mol. The molecule has 1 atom stereocenters. The zero-order valence-electron chi connectivity index (χ0n) is 10.9. The van der Waals surface area contributed by atoms with Gasteiger partial charge in [-0.25, -0.2) is 0 Å². The van der Waals surface area contributed by atoms with Gasteiger partial charge in [0, 0.05) is 14.1 Å².